The van der Waals surface area contributed by atoms with Gasteiger partial charge in [0.15, 0.2) is 0 Å². The quantitative estimate of drug-likeness (QED) is 0.153. The van der Waals surface area contributed by atoms with Crippen LogP contribution in [-0.2, 0) is 4.74 Å². The Hall–Kier alpha value is -2.08. The topological polar surface area (TPSA) is 44.2 Å². The lowest BCUT2D eigenvalue weighted by atomic mass is 9.48. The van der Waals surface area contributed by atoms with Crippen LogP contribution >= 0.6 is 0 Å². The number of unbranched alkanes of at least 4 members (excludes halogenated alkanes) is 4. The predicted molar refractivity (Wildman–Crippen MR) is 211 cm³/mol. The molecule has 51 heavy (non-hydrogen) atoms. The number of nitrogens with zero attached hydrogens (tertiary/aromatic N) is 2. The summed E-state index contributed by atoms with van der Waals surface area (Å²) < 4.78 is 36.4. The van der Waals surface area contributed by atoms with Crippen LogP contribution in [0.2, 0.25) is 0 Å². The summed E-state index contributed by atoms with van der Waals surface area (Å²) in [5.41, 5.74) is 0.822. The second-order valence-electron chi connectivity index (χ2n) is 17.5. The summed E-state index contributed by atoms with van der Waals surface area (Å²) >= 11 is 0. The van der Waals surface area contributed by atoms with E-state index >= 15 is 0 Å². The van der Waals surface area contributed by atoms with Gasteiger partial charge in [0.1, 0.15) is 23.2 Å². The third kappa shape index (κ3) is 20.1. The second kappa shape index (κ2) is 25.0. The van der Waals surface area contributed by atoms with Crippen LogP contribution in [0.5, 0.6) is 5.75 Å². The van der Waals surface area contributed by atoms with Crippen molar-refractivity contribution in [2.75, 3.05) is 19.8 Å². The molecule has 4 nitrogen and oxygen atoms in total. The highest BCUT2D eigenvalue weighted by molar-refractivity contribution is 5.23. The van der Waals surface area contributed by atoms with E-state index in [1.54, 1.807) is 50.9 Å². The van der Waals surface area contributed by atoms with E-state index in [0.717, 1.165) is 78.9 Å². The largest absolute Gasteiger partial charge is 0.493 e. The van der Waals surface area contributed by atoms with Gasteiger partial charge in [0.2, 0.25) is 0 Å². The maximum absolute atomic E-state index is 12.9. The van der Waals surface area contributed by atoms with Crippen LogP contribution in [-0.4, -0.2) is 29.8 Å². The summed E-state index contributed by atoms with van der Waals surface area (Å²) in [7, 11) is 0. The zero-order valence-corrected chi connectivity index (χ0v) is 34.2. The molecule has 4 bridgehead atoms. The van der Waals surface area contributed by atoms with E-state index in [4.69, 9.17) is 9.47 Å². The van der Waals surface area contributed by atoms with Crippen LogP contribution in [0.25, 0.3) is 0 Å². The van der Waals surface area contributed by atoms with Crippen LogP contribution in [0.4, 0.5) is 8.78 Å². The number of halogens is 2. The summed E-state index contributed by atoms with van der Waals surface area (Å²) in [6, 6.07) is 5.09. The molecule has 1 aromatic carbocycles. The summed E-state index contributed by atoms with van der Waals surface area (Å²) in [5, 5.41) is 0. The van der Waals surface area contributed by atoms with Gasteiger partial charge >= 0.3 is 0 Å². The minimum atomic E-state index is -0.595. The Morgan fingerprint density at radius 1 is 0.667 bits per heavy atom. The predicted octanol–water partition coefficient (Wildman–Crippen LogP) is 13.6. The fraction of sp³-hybridized carbons (Fsp3) is 0.778. The van der Waals surface area contributed by atoms with Gasteiger partial charge in [-0.15, -0.1) is 0 Å². The Morgan fingerprint density at radius 2 is 1.22 bits per heavy atom. The lowest BCUT2D eigenvalue weighted by Gasteiger charge is -2.57. The molecule has 0 atom stereocenters. The van der Waals surface area contributed by atoms with E-state index in [1.807, 2.05) is 6.07 Å². The molecular weight excluding hydrogens is 639 g/mol. The maximum atomic E-state index is 12.9. The third-order valence-corrected chi connectivity index (χ3v) is 10.4. The lowest BCUT2D eigenvalue weighted by molar-refractivity contribution is -0.0632. The highest BCUT2D eigenvalue weighted by Gasteiger charge is 2.50. The Morgan fingerprint density at radius 3 is 1.69 bits per heavy atom. The number of ether oxygens (including phenoxy) is 2. The SMILES string of the molecule is CC(C)CC12CC3CC(CC(C3)C1)C2.CC(C)CCCCCCOc1cc(F)cc(F)c1.CC(C)c1ncccn1.CCCCOCCC(C)C. The van der Waals surface area contributed by atoms with Gasteiger partial charge in [-0.05, 0) is 111 Å². The molecule has 6 heteroatoms. The zero-order valence-electron chi connectivity index (χ0n) is 34.2. The summed E-state index contributed by atoms with van der Waals surface area (Å²) in [6.07, 6.45) is 24.0. The molecule has 6 rings (SSSR count). The minimum Gasteiger partial charge on any atom is -0.493 e. The molecule has 0 amide bonds. The van der Waals surface area contributed by atoms with E-state index < -0.39 is 11.6 Å². The van der Waals surface area contributed by atoms with E-state index in [9.17, 15) is 8.78 Å². The van der Waals surface area contributed by atoms with Crippen molar-refractivity contribution in [3.05, 3.63) is 54.1 Å². The normalized spacial score (nSPS) is 21.6. The number of rotatable bonds is 17. The van der Waals surface area contributed by atoms with Gasteiger partial charge in [0.05, 0.1) is 6.61 Å². The van der Waals surface area contributed by atoms with Crippen LogP contribution in [0.15, 0.2) is 36.7 Å². The van der Waals surface area contributed by atoms with Crippen LogP contribution in [0.3, 0.4) is 0 Å². The molecule has 4 saturated carbocycles. The minimum absolute atomic E-state index is 0.273. The molecule has 4 fully saturated rings. The fourth-order valence-corrected chi connectivity index (χ4v) is 8.49. The highest BCUT2D eigenvalue weighted by Crippen LogP contribution is 2.61. The Labute approximate surface area is 312 Å². The third-order valence-electron chi connectivity index (χ3n) is 10.4. The molecular formula is C45H76F2N2O2. The fourth-order valence-electron chi connectivity index (χ4n) is 8.49. The standard InChI is InChI=1S/C15H22F2O.C14H24.C9H20O.C7H10N2/c1-12(2)7-5-3-4-6-8-18-15-10-13(16)9-14(17)11-15;1-10(2)6-14-7-11-3-12(8-14)5-13(4-11)9-14;1-4-5-7-10-8-6-9(2)3;1-6(2)7-8-4-3-5-9-7/h9-12H,3-8H2,1-2H3;10-13H,3-9H2,1-2H3;9H,4-8H2,1-3H3;3-6H,1-2H3. The van der Waals surface area contributed by atoms with Crippen molar-refractivity contribution in [2.24, 2.45) is 40.9 Å². The van der Waals surface area contributed by atoms with Gasteiger partial charge in [-0.2, -0.15) is 0 Å². The molecule has 292 valence electrons. The average Bonchev–Trinajstić information content (AvgIpc) is 3.04. The van der Waals surface area contributed by atoms with Crippen LogP contribution in [0.1, 0.15) is 170 Å². The van der Waals surface area contributed by atoms with Gasteiger partial charge < -0.3 is 9.47 Å². The first-order valence-corrected chi connectivity index (χ1v) is 20.7. The number of hydrogen-bond donors (Lipinski definition) is 0. The first-order chi connectivity index (χ1) is 24.3. The van der Waals surface area contributed by atoms with E-state index in [1.165, 1.54) is 57.1 Å². The Bertz CT molecular complexity index is 1090. The molecule has 4 aliphatic carbocycles. The van der Waals surface area contributed by atoms with Crippen LogP contribution in [0, 0.1) is 52.6 Å². The van der Waals surface area contributed by atoms with Gasteiger partial charge in [-0.25, -0.2) is 18.7 Å². The van der Waals surface area contributed by atoms with E-state index in [2.05, 4.69) is 72.3 Å². The van der Waals surface area contributed by atoms with Crippen molar-refractivity contribution in [2.45, 2.75) is 165 Å². The zero-order chi connectivity index (χ0) is 37.6. The summed E-state index contributed by atoms with van der Waals surface area (Å²) in [5.74, 6) is 6.31. The van der Waals surface area contributed by atoms with Crippen molar-refractivity contribution in [3.63, 3.8) is 0 Å². The monoisotopic (exact) mass is 715 g/mol. The van der Waals surface area contributed by atoms with E-state index in [-0.39, 0.29) is 5.75 Å². The molecule has 1 heterocycles. The van der Waals surface area contributed by atoms with Gasteiger partial charge in [-0.3, -0.25) is 0 Å². The molecule has 0 unspecified atom stereocenters. The number of benzene rings is 1. The highest BCUT2D eigenvalue weighted by atomic mass is 19.1. The average molecular weight is 715 g/mol. The molecule has 1 aromatic heterocycles. The summed E-state index contributed by atoms with van der Waals surface area (Å²) in [6.45, 7) is 22.5. The number of hydrogen-bond acceptors (Lipinski definition) is 4. The molecule has 2 aromatic rings. The van der Waals surface area contributed by atoms with Gasteiger partial charge in [0.25, 0.3) is 0 Å². The smallest absolute Gasteiger partial charge is 0.130 e. The van der Waals surface area contributed by atoms with Crippen molar-refractivity contribution >= 4 is 0 Å². The molecule has 0 radical (unpaired) electrons. The molecule has 0 N–H and O–H groups in total. The van der Waals surface area contributed by atoms with Gasteiger partial charge in [-0.1, -0.05) is 94.4 Å². The van der Waals surface area contributed by atoms with Crippen molar-refractivity contribution in [3.8, 4) is 5.75 Å². The Balaban J connectivity index is 0.000000245. The van der Waals surface area contributed by atoms with Crippen molar-refractivity contribution < 1.29 is 18.3 Å². The number of aromatic nitrogens is 2. The molecule has 0 spiro atoms. The molecule has 0 saturated heterocycles. The van der Waals surface area contributed by atoms with Crippen molar-refractivity contribution in [1.29, 1.82) is 0 Å². The first-order valence-electron chi connectivity index (χ1n) is 20.7. The van der Waals surface area contributed by atoms with E-state index in [0.29, 0.717) is 12.5 Å². The van der Waals surface area contributed by atoms with Crippen LogP contribution < -0.4 is 4.74 Å². The second-order valence-corrected chi connectivity index (χ2v) is 17.5. The van der Waals surface area contributed by atoms with Gasteiger partial charge in [0, 0.05) is 49.7 Å². The lowest BCUT2D eigenvalue weighted by Crippen LogP contribution is -2.46. The van der Waals surface area contributed by atoms with Crippen molar-refractivity contribution in [1.82, 2.24) is 9.97 Å². The molecule has 0 aliphatic heterocycles. The first kappa shape index (κ1) is 45.1. The molecule has 4 aliphatic rings. The Kier molecular flexibility index (Phi) is 22.1. The summed E-state index contributed by atoms with van der Waals surface area (Å²) in [4.78, 5) is 8.13. The maximum Gasteiger partial charge on any atom is 0.130 e.